The lowest BCUT2D eigenvalue weighted by Gasteiger charge is -2.24. The number of halogens is 15. The highest BCUT2D eigenvalue weighted by Crippen LogP contribution is 2.35. The molecule has 3 aromatic carbocycles. The van der Waals surface area contributed by atoms with Crippen molar-refractivity contribution in [1.29, 1.82) is 0 Å². The van der Waals surface area contributed by atoms with E-state index in [0.29, 0.717) is 0 Å². The zero-order chi connectivity index (χ0) is 29.1. The molecule has 0 unspecified atom stereocenters. The predicted octanol–water partition coefficient (Wildman–Crippen LogP) is 6.26. The maximum absolute atomic E-state index is 14.4. The number of benzene rings is 3. The molecular weight excluding hydrogens is 571 g/mol. The minimum atomic E-state index is -3.25. The van der Waals surface area contributed by atoms with Crippen molar-refractivity contribution in [2.45, 2.75) is 0 Å². The molecule has 2 amide bonds. The SMILES string of the molecule is O=C(c1c(F)c(F)c(F)c(F)c1F)N(C(=O)c1c(F)c(F)c(F)c(F)c1F)c1c(F)c(F)c(F)c(F)c1F. The van der Waals surface area contributed by atoms with Gasteiger partial charge in [0.15, 0.2) is 69.8 Å². The summed E-state index contributed by atoms with van der Waals surface area (Å²) in [6, 6.07) is 0. The van der Waals surface area contributed by atoms with E-state index in [1.807, 2.05) is 0 Å². The Morgan fingerprint density at radius 1 is 0.316 bits per heavy atom. The van der Waals surface area contributed by atoms with E-state index in [9.17, 15) is 75.4 Å². The van der Waals surface area contributed by atoms with E-state index in [-0.39, 0.29) is 0 Å². The number of rotatable bonds is 3. The Hall–Kier alpha value is -4.25. The van der Waals surface area contributed by atoms with Crippen LogP contribution in [-0.4, -0.2) is 11.8 Å². The van der Waals surface area contributed by atoms with Gasteiger partial charge in [0.05, 0.1) is 0 Å². The van der Waals surface area contributed by atoms with Gasteiger partial charge >= 0.3 is 0 Å². The lowest BCUT2D eigenvalue weighted by molar-refractivity contribution is 0.0882. The zero-order valence-corrected chi connectivity index (χ0v) is 16.9. The second-order valence-electron chi connectivity index (χ2n) is 6.75. The predicted molar refractivity (Wildman–Crippen MR) is 89.8 cm³/mol. The van der Waals surface area contributed by atoms with Crippen molar-refractivity contribution in [2.24, 2.45) is 0 Å². The van der Waals surface area contributed by atoms with Crippen LogP contribution in [0.15, 0.2) is 0 Å². The van der Waals surface area contributed by atoms with Crippen LogP contribution in [0, 0.1) is 87.3 Å². The molecule has 0 N–H and O–H groups in total. The van der Waals surface area contributed by atoms with Crippen molar-refractivity contribution >= 4 is 17.5 Å². The zero-order valence-electron chi connectivity index (χ0n) is 16.9. The van der Waals surface area contributed by atoms with Crippen LogP contribution in [0.3, 0.4) is 0 Å². The van der Waals surface area contributed by atoms with Crippen molar-refractivity contribution in [3.8, 4) is 0 Å². The third-order valence-electron chi connectivity index (χ3n) is 4.66. The van der Waals surface area contributed by atoms with Crippen molar-refractivity contribution < 1.29 is 75.4 Å². The van der Waals surface area contributed by atoms with Gasteiger partial charge in [-0.3, -0.25) is 9.59 Å². The van der Waals surface area contributed by atoms with E-state index in [0.717, 1.165) is 0 Å². The van der Waals surface area contributed by atoms with Gasteiger partial charge in [-0.25, -0.2) is 70.8 Å². The summed E-state index contributed by atoms with van der Waals surface area (Å²) >= 11 is 0. The molecule has 0 aliphatic carbocycles. The van der Waals surface area contributed by atoms with Gasteiger partial charge in [0, 0.05) is 0 Å². The maximum atomic E-state index is 14.4. The van der Waals surface area contributed by atoms with Crippen LogP contribution in [0.1, 0.15) is 20.7 Å². The van der Waals surface area contributed by atoms with Gasteiger partial charge in [0.1, 0.15) is 16.8 Å². The van der Waals surface area contributed by atoms with E-state index in [4.69, 9.17) is 0 Å². The summed E-state index contributed by atoms with van der Waals surface area (Å²) in [5.74, 6) is -52.8. The van der Waals surface area contributed by atoms with Crippen molar-refractivity contribution in [1.82, 2.24) is 0 Å². The van der Waals surface area contributed by atoms with Crippen LogP contribution in [-0.2, 0) is 0 Å². The normalized spacial score (nSPS) is 11.2. The highest BCUT2D eigenvalue weighted by molar-refractivity contribution is 6.26. The minimum absolute atomic E-state index is 1.77. The summed E-state index contributed by atoms with van der Waals surface area (Å²) in [5, 5.41) is 0. The van der Waals surface area contributed by atoms with Crippen molar-refractivity contribution in [3.63, 3.8) is 0 Å². The lowest BCUT2D eigenvalue weighted by Crippen LogP contribution is -2.41. The first-order chi connectivity index (χ1) is 17.5. The molecule has 3 rings (SSSR count). The molecule has 0 atom stereocenters. The fraction of sp³-hybridized carbons (Fsp3) is 0. The number of imide groups is 1. The average Bonchev–Trinajstić information content (AvgIpc) is 2.88. The van der Waals surface area contributed by atoms with Gasteiger partial charge in [-0.1, -0.05) is 0 Å². The quantitative estimate of drug-likeness (QED) is 0.161. The van der Waals surface area contributed by atoms with E-state index >= 15 is 0 Å². The van der Waals surface area contributed by atoms with Gasteiger partial charge in [0.2, 0.25) is 17.5 Å². The molecule has 202 valence electrons. The minimum Gasteiger partial charge on any atom is -0.268 e. The topological polar surface area (TPSA) is 37.4 Å². The Morgan fingerprint density at radius 2 is 0.500 bits per heavy atom. The molecule has 0 heterocycles. The summed E-state index contributed by atoms with van der Waals surface area (Å²) in [4.78, 5) is 23.6. The van der Waals surface area contributed by atoms with Gasteiger partial charge in [-0.15, -0.1) is 0 Å². The van der Waals surface area contributed by atoms with Gasteiger partial charge < -0.3 is 0 Å². The molecule has 0 radical (unpaired) electrons. The summed E-state index contributed by atoms with van der Waals surface area (Å²) < 4.78 is 207. The van der Waals surface area contributed by atoms with E-state index in [1.165, 1.54) is 0 Å². The first kappa shape index (κ1) is 28.3. The van der Waals surface area contributed by atoms with Crippen LogP contribution in [0.5, 0.6) is 0 Å². The average molecular weight is 571 g/mol. The van der Waals surface area contributed by atoms with Crippen LogP contribution in [0.25, 0.3) is 0 Å². The molecule has 3 aromatic rings. The van der Waals surface area contributed by atoms with E-state index in [2.05, 4.69) is 0 Å². The maximum Gasteiger partial charge on any atom is 0.271 e. The number of carbonyl (C=O) groups is 2. The molecule has 3 nitrogen and oxygen atoms in total. The number of carbonyl (C=O) groups excluding carboxylic acids is 2. The molecule has 18 heteroatoms. The van der Waals surface area contributed by atoms with Crippen LogP contribution < -0.4 is 4.90 Å². The Labute approximate surface area is 197 Å². The first-order valence-electron chi connectivity index (χ1n) is 8.91. The van der Waals surface area contributed by atoms with E-state index in [1.54, 1.807) is 0 Å². The largest absolute Gasteiger partial charge is 0.271 e. The molecule has 0 aliphatic heterocycles. The number of hydrogen-bond donors (Lipinski definition) is 0. The fourth-order valence-electron chi connectivity index (χ4n) is 2.89. The smallest absolute Gasteiger partial charge is 0.268 e. The molecule has 0 bridgehead atoms. The second-order valence-corrected chi connectivity index (χ2v) is 6.75. The molecular formula is C20F15NO2. The summed E-state index contributed by atoms with van der Waals surface area (Å²) in [5.41, 5.74) is -8.70. The second kappa shape index (κ2) is 9.56. The molecule has 0 saturated carbocycles. The number of anilines is 1. The van der Waals surface area contributed by atoms with Crippen LogP contribution in [0.2, 0.25) is 0 Å². The highest BCUT2D eigenvalue weighted by Gasteiger charge is 2.43. The fourth-order valence-corrected chi connectivity index (χ4v) is 2.89. The Morgan fingerprint density at radius 3 is 0.737 bits per heavy atom. The Bertz CT molecular complexity index is 1400. The summed E-state index contributed by atoms with van der Waals surface area (Å²) in [6.45, 7) is 0. The lowest BCUT2D eigenvalue weighted by atomic mass is 10.1. The Balaban J connectivity index is 2.51. The van der Waals surface area contributed by atoms with Crippen molar-refractivity contribution in [2.75, 3.05) is 4.90 Å². The highest BCUT2D eigenvalue weighted by atomic mass is 19.2. The number of hydrogen-bond acceptors (Lipinski definition) is 2. The molecule has 38 heavy (non-hydrogen) atoms. The third-order valence-corrected chi connectivity index (χ3v) is 4.66. The number of amides is 2. The van der Waals surface area contributed by atoms with Crippen molar-refractivity contribution in [3.05, 3.63) is 98.4 Å². The number of nitrogens with zero attached hydrogens (tertiary/aromatic N) is 1. The van der Waals surface area contributed by atoms with Gasteiger partial charge in [-0.05, 0) is 0 Å². The summed E-state index contributed by atoms with van der Waals surface area (Å²) in [7, 11) is 0. The standard InChI is InChI=1S/C20F15NO2/c21-3-1(4(22)8(26)11(29)7(3)25)19(37)36(18-16(34)14(32)13(31)15(33)17(18)35)20(38)2-5(23)9(27)12(30)10(28)6(2)24. The van der Waals surface area contributed by atoms with E-state index < -0.39 is 121 Å². The van der Waals surface area contributed by atoms with Gasteiger partial charge in [-0.2, -0.15) is 0 Å². The first-order valence-corrected chi connectivity index (χ1v) is 8.91. The molecule has 0 spiro atoms. The van der Waals surface area contributed by atoms with Crippen LogP contribution >= 0.6 is 0 Å². The monoisotopic (exact) mass is 571 g/mol. The Kier molecular flexibility index (Phi) is 7.13. The van der Waals surface area contributed by atoms with Crippen LogP contribution in [0.4, 0.5) is 71.5 Å². The van der Waals surface area contributed by atoms with Gasteiger partial charge in [0.25, 0.3) is 11.8 Å². The molecule has 0 aliphatic rings. The molecule has 0 fully saturated rings. The molecule has 0 aromatic heterocycles. The third kappa shape index (κ3) is 3.90. The summed E-state index contributed by atoms with van der Waals surface area (Å²) in [6.07, 6.45) is 0. The molecule has 0 saturated heterocycles.